The predicted octanol–water partition coefficient (Wildman–Crippen LogP) is 4.67. The van der Waals surface area contributed by atoms with Gasteiger partial charge in [-0.3, -0.25) is 4.79 Å². The Morgan fingerprint density at radius 3 is 2.72 bits per heavy atom. The third-order valence-corrected chi connectivity index (χ3v) is 5.17. The topological polar surface area (TPSA) is 53.1 Å². The van der Waals surface area contributed by atoms with Crippen LogP contribution in [0.4, 0.5) is 0 Å². The number of carbonyl (C=O) groups is 1. The lowest BCUT2D eigenvalue weighted by Crippen LogP contribution is -1.99. The molecule has 0 saturated heterocycles. The van der Waals surface area contributed by atoms with E-state index in [2.05, 4.69) is 23.2 Å². The number of nitrogens with one attached hydrogen (secondary N) is 1. The van der Waals surface area contributed by atoms with E-state index in [1.165, 1.54) is 5.56 Å². The van der Waals surface area contributed by atoms with Crippen LogP contribution in [-0.2, 0) is 12.8 Å². The highest BCUT2D eigenvalue weighted by Crippen LogP contribution is 2.35. The van der Waals surface area contributed by atoms with Gasteiger partial charge in [0.05, 0.1) is 0 Å². The highest BCUT2D eigenvalue weighted by molar-refractivity contribution is 6.10. The fourth-order valence-electron chi connectivity index (χ4n) is 3.96. The maximum absolute atomic E-state index is 12.6. The minimum Gasteiger partial charge on any atom is -0.396 e. The molecule has 0 amide bonds. The fourth-order valence-corrected chi connectivity index (χ4v) is 3.96. The zero-order valence-electron chi connectivity index (χ0n) is 14.3. The zero-order valence-corrected chi connectivity index (χ0v) is 14.3. The highest BCUT2D eigenvalue weighted by Gasteiger charge is 2.20. The molecule has 4 rings (SSSR count). The monoisotopic (exact) mass is 333 g/mol. The fraction of sp³-hybridized carbons (Fsp3) is 0.318. The first-order valence-corrected chi connectivity index (χ1v) is 9.15. The molecule has 1 heterocycles. The Morgan fingerprint density at radius 2 is 1.84 bits per heavy atom. The second-order valence-corrected chi connectivity index (χ2v) is 6.86. The molecule has 128 valence electrons. The molecule has 0 bridgehead atoms. The van der Waals surface area contributed by atoms with E-state index in [4.69, 9.17) is 0 Å². The van der Waals surface area contributed by atoms with Crippen molar-refractivity contribution in [2.24, 2.45) is 0 Å². The maximum Gasteiger partial charge on any atom is 0.163 e. The molecule has 3 heteroatoms. The normalized spacial score (nSPS) is 15.0. The van der Waals surface area contributed by atoms with Crippen molar-refractivity contribution >= 4 is 16.7 Å². The molecule has 3 aromatic rings. The smallest absolute Gasteiger partial charge is 0.163 e. The number of benzene rings is 2. The lowest BCUT2D eigenvalue weighted by atomic mass is 9.96. The van der Waals surface area contributed by atoms with Crippen molar-refractivity contribution in [2.75, 3.05) is 6.61 Å². The van der Waals surface area contributed by atoms with Crippen LogP contribution >= 0.6 is 0 Å². The Balaban J connectivity index is 1.93. The second-order valence-electron chi connectivity index (χ2n) is 6.86. The van der Waals surface area contributed by atoms with Gasteiger partial charge in [-0.25, -0.2) is 0 Å². The van der Waals surface area contributed by atoms with Gasteiger partial charge in [0.15, 0.2) is 5.78 Å². The summed E-state index contributed by atoms with van der Waals surface area (Å²) in [6.07, 6.45) is 5.47. The quantitative estimate of drug-likeness (QED) is 0.732. The van der Waals surface area contributed by atoms with Gasteiger partial charge in [0, 0.05) is 35.2 Å². The number of H-pyrrole nitrogens is 1. The van der Waals surface area contributed by atoms with Crippen molar-refractivity contribution in [3.8, 4) is 11.3 Å². The average molecular weight is 333 g/mol. The molecule has 0 aliphatic heterocycles. The molecule has 25 heavy (non-hydrogen) atoms. The summed E-state index contributed by atoms with van der Waals surface area (Å²) in [4.78, 5) is 16.2. The summed E-state index contributed by atoms with van der Waals surface area (Å²) in [7, 11) is 0. The number of aliphatic hydroxyl groups excluding tert-OH is 1. The number of Topliss-reactive ketones (excluding diaryl/α,β-unsaturated/α-hetero) is 1. The first-order valence-electron chi connectivity index (χ1n) is 9.15. The van der Waals surface area contributed by atoms with Crippen LogP contribution in [-0.4, -0.2) is 22.5 Å². The van der Waals surface area contributed by atoms with Crippen molar-refractivity contribution in [2.45, 2.75) is 38.5 Å². The average Bonchev–Trinajstić information content (AvgIpc) is 3.03. The van der Waals surface area contributed by atoms with Gasteiger partial charge in [-0.15, -0.1) is 0 Å². The van der Waals surface area contributed by atoms with Crippen LogP contribution in [0.2, 0.25) is 0 Å². The van der Waals surface area contributed by atoms with E-state index in [9.17, 15) is 9.90 Å². The van der Waals surface area contributed by atoms with Crippen molar-refractivity contribution in [1.82, 2.24) is 4.98 Å². The highest BCUT2D eigenvalue weighted by atomic mass is 16.2. The molecule has 0 radical (unpaired) electrons. The molecule has 0 fully saturated rings. The molecule has 2 aromatic carbocycles. The number of aromatic nitrogens is 1. The van der Waals surface area contributed by atoms with Gasteiger partial charge in [-0.05, 0) is 54.5 Å². The molecule has 0 unspecified atom stereocenters. The number of aromatic amines is 1. The van der Waals surface area contributed by atoms with Gasteiger partial charge in [0.25, 0.3) is 0 Å². The third kappa shape index (κ3) is 3.00. The van der Waals surface area contributed by atoms with E-state index in [1.807, 2.05) is 24.3 Å². The number of aliphatic hydroxyl groups is 1. The number of hydrogen-bond acceptors (Lipinski definition) is 2. The Labute approximate surface area is 147 Å². The summed E-state index contributed by atoms with van der Waals surface area (Å²) >= 11 is 0. The van der Waals surface area contributed by atoms with Gasteiger partial charge in [0.2, 0.25) is 0 Å². The van der Waals surface area contributed by atoms with E-state index in [0.29, 0.717) is 12.8 Å². The van der Waals surface area contributed by atoms with Crippen LogP contribution in [0.15, 0.2) is 42.5 Å². The molecule has 1 aromatic heterocycles. The molecule has 2 N–H and O–H groups in total. The number of hydrogen-bond donors (Lipinski definition) is 2. The first kappa shape index (κ1) is 16.1. The van der Waals surface area contributed by atoms with E-state index >= 15 is 0 Å². The summed E-state index contributed by atoms with van der Waals surface area (Å²) in [5.74, 6) is 0.258. The Morgan fingerprint density at radius 1 is 1.00 bits per heavy atom. The number of ketones is 1. The first-order chi connectivity index (χ1) is 12.3. The minimum absolute atomic E-state index is 0.154. The molecule has 1 aliphatic carbocycles. The maximum atomic E-state index is 12.6. The van der Waals surface area contributed by atoms with E-state index in [-0.39, 0.29) is 12.4 Å². The Hall–Kier alpha value is -2.39. The molecule has 0 spiro atoms. The van der Waals surface area contributed by atoms with Crippen molar-refractivity contribution in [3.63, 3.8) is 0 Å². The second kappa shape index (κ2) is 6.85. The molecule has 0 saturated carbocycles. The van der Waals surface area contributed by atoms with Crippen LogP contribution in [0.1, 0.15) is 47.2 Å². The van der Waals surface area contributed by atoms with Gasteiger partial charge in [-0.1, -0.05) is 36.8 Å². The third-order valence-electron chi connectivity index (χ3n) is 5.17. The zero-order chi connectivity index (χ0) is 17.2. The van der Waals surface area contributed by atoms with Crippen molar-refractivity contribution < 1.29 is 9.90 Å². The van der Waals surface area contributed by atoms with Gasteiger partial charge >= 0.3 is 0 Å². The molecule has 3 nitrogen and oxygen atoms in total. The van der Waals surface area contributed by atoms with Gasteiger partial charge < -0.3 is 10.1 Å². The lowest BCUT2D eigenvalue weighted by Gasteiger charge is -2.07. The van der Waals surface area contributed by atoms with E-state index < -0.39 is 0 Å². The summed E-state index contributed by atoms with van der Waals surface area (Å²) in [5.41, 5.74) is 6.56. The standard InChI is InChI=1S/C22H23NO2/c24-13-12-15-6-4-7-16(14-15)22-18-8-2-1-3-11-20(25)17-9-5-10-19(23-22)21(17)18/h4-7,9-10,14,23-24H,1-3,8,11-13H2. The van der Waals surface area contributed by atoms with Gasteiger partial charge in [-0.2, -0.15) is 0 Å². The molecule has 1 aliphatic rings. The lowest BCUT2D eigenvalue weighted by molar-refractivity contribution is 0.0981. The predicted molar refractivity (Wildman–Crippen MR) is 101 cm³/mol. The van der Waals surface area contributed by atoms with E-state index in [0.717, 1.165) is 59.0 Å². The molecular formula is C22H23NO2. The number of aryl methyl sites for hydroxylation is 1. The largest absolute Gasteiger partial charge is 0.396 e. The van der Waals surface area contributed by atoms with Crippen LogP contribution in [0, 0.1) is 0 Å². The van der Waals surface area contributed by atoms with E-state index in [1.54, 1.807) is 0 Å². The van der Waals surface area contributed by atoms with Crippen LogP contribution < -0.4 is 0 Å². The van der Waals surface area contributed by atoms with Crippen LogP contribution in [0.3, 0.4) is 0 Å². The van der Waals surface area contributed by atoms with Crippen LogP contribution in [0.25, 0.3) is 22.2 Å². The van der Waals surface area contributed by atoms with Crippen molar-refractivity contribution in [1.29, 1.82) is 0 Å². The molecule has 0 atom stereocenters. The Kier molecular flexibility index (Phi) is 4.41. The summed E-state index contributed by atoms with van der Waals surface area (Å²) in [5, 5.41) is 10.3. The van der Waals surface area contributed by atoms with Crippen molar-refractivity contribution in [3.05, 3.63) is 59.2 Å². The van der Waals surface area contributed by atoms with Gasteiger partial charge in [0.1, 0.15) is 0 Å². The number of rotatable bonds is 3. The number of carbonyl (C=O) groups excluding carboxylic acids is 1. The summed E-state index contributed by atoms with van der Waals surface area (Å²) in [6.45, 7) is 0.154. The Bertz CT molecular complexity index is 923. The summed E-state index contributed by atoms with van der Waals surface area (Å²) < 4.78 is 0. The van der Waals surface area contributed by atoms with Crippen LogP contribution in [0.5, 0.6) is 0 Å². The SMILES string of the molecule is O=C1CCCCCc2c(-c3cccc(CCO)c3)[nH]c3cccc1c23. The minimum atomic E-state index is 0.154. The molecular weight excluding hydrogens is 310 g/mol. The summed E-state index contributed by atoms with van der Waals surface area (Å²) in [6, 6.07) is 14.3.